The zero-order valence-corrected chi connectivity index (χ0v) is 16.1. The van der Waals surface area contributed by atoms with Crippen LogP contribution in [0.3, 0.4) is 0 Å². The third-order valence-corrected chi connectivity index (χ3v) is 4.52. The Hall–Kier alpha value is -2.42. The minimum atomic E-state index is -0.986. The van der Waals surface area contributed by atoms with E-state index in [1.165, 1.54) is 25.6 Å². The molecule has 0 saturated heterocycles. The standard InChI is InChI=1S/C18H16ClFN4O2S/c1-26-16-8-13(20)3-4-15(16)17-21-10-22-18(24-17)23-14-6-11(9-27(2)25)5-12(19)7-14/h3-8,10H,9H2,1-2H3,(H,21,22,23,24). The molecule has 1 heterocycles. The lowest BCUT2D eigenvalue weighted by Gasteiger charge is -2.11. The van der Waals surface area contributed by atoms with Crippen molar-refractivity contribution in [2.75, 3.05) is 18.7 Å². The molecule has 0 aliphatic rings. The minimum absolute atomic E-state index is 0.289. The van der Waals surface area contributed by atoms with Crippen LogP contribution in [0.4, 0.5) is 16.0 Å². The van der Waals surface area contributed by atoms with Crippen LogP contribution in [0.2, 0.25) is 5.02 Å². The van der Waals surface area contributed by atoms with Gasteiger partial charge in [-0.05, 0) is 30.3 Å². The van der Waals surface area contributed by atoms with Crippen LogP contribution in [0.15, 0.2) is 42.7 Å². The summed E-state index contributed by atoms with van der Waals surface area (Å²) in [7, 11) is 1.45. The Labute approximate surface area is 164 Å². The van der Waals surface area contributed by atoms with Crippen molar-refractivity contribution in [1.82, 2.24) is 15.0 Å². The molecule has 1 unspecified atom stereocenters. The number of hydrogen-bond acceptors (Lipinski definition) is 6. The van der Waals surface area contributed by atoms with E-state index in [0.29, 0.717) is 33.6 Å². The zero-order chi connectivity index (χ0) is 19.4. The number of nitrogens with zero attached hydrogens (tertiary/aromatic N) is 3. The Balaban J connectivity index is 1.90. The van der Waals surface area contributed by atoms with E-state index >= 15 is 0 Å². The maximum Gasteiger partial charge on any atom is 0.230 e. The van der Waals surface area contributed by atoms with Gasteiger partial charge in [-0.25, -0.2) is 14.4 Å². The first-order chi connectivity index (χ1) is 12.9. The first kappa shape index (κ1) is 19.3. The second-order valence-electron chi connectivity index (χ2n) is 5.67. The fourth-order valence-corrected chi connectivity index (χ4v) is 3.40. The lowest BCUT2D eigenvalue weighted by atomic mass is 10.2. The molecule has 3 aromatic rings. The van der Waals surface area contributed by atoms with E-state index in [1.54, 1.807) is 24.5 Å². The number of aromatic nitrogens is 3. The van der Waals surface area contributed by atoms with E-state index < -0.39 is 17.0 Å². The van der Waals surface area contributed by atoms with Gasteiger partial charge in [0.2, 0.25) is 5.95 Å². The number of methoxy groups -OCH3 is 1. The van der Waals surface area contributed by atoms with Crippen LogP contribution < -0.4 is 10.1 Å². The topological polar surface area (TPSA) is 83.0 Å². The average molecular weight is 407 g/mol. The molecule has 2 aromatic carbocycles. The molecule has 0 spiro atoms. The summed E-state index contributed by atoms with van der Waals surface area (Å²) >= 11 is 5.15. The van der Waals surface area contributed by atoms with E-state index in [9.17, 15) is 8.94 Å². The number of anilines is 2. The summed E-state index contributed by atoms with van der Waals surface area (Å²) in [6.45, 7) is 0. The number of halogens is 2. The van der Waals surface area contributed by atoms with Crippen molar-refractivity contribution in [2.24, 2.45) is 0 Å². The minimum Gasteiger partial charge on any atom is -0.616 e. The summed E-state index contributed by atoms with van der Waals surface area (Å²) < 4.78 is 30.1. The van der Waals surface area contributed by atoms with Gasteiger partial charge in [-0.1, -0.05) is 22.8 Å². The van der Waals surface area contributed by atoms with Gasteiger partial charge in [-0.15, -0.1) is 0 Å². The van der Waals surface area contributed by atoms with Gasteiger partial charge in [0.1, 0.15) is 23.6 Å². The molecular weight excluding hydrogens is 391 g/mol. The van der Waals surface area contributed by atoms with Crippen LogP contribution >= 0.6 is 11.6 Å². The highest BCUT2D eigenvalue weighted by atomic mass is 35.5. The molecule has 0 aliphatic heterocycles. The molecule has 0 radical (unpaired) electrons. The molecule has 1 aromatic heterocycles. The zero-order valence-electron chi connectivity index (χ0n) is 14.6. The lowest BCUT2D eigenvalue weighted by Crippen LogP contribution is -2.03. The molecule has 0 fully saturated rings. The number of benzene rings is 2. The van der Waals surface area contributed by atoms with E-state index in [-0.39, 0.29) is 5.95 Å². The number of nitrogens with one attached hydrogen (secondary N) is 1. The molecule has 27 heavy (non-hydrogen) atoms. The van der Waals surface area contributed by atoms with Gasteiger partial charge in [0.15, 0.2) is 5.82 Å². The summed E-state index contributed by atoms with van der Waals surface area (Å²) in [4.78, 5) is 12.6. The van der Waals surface area contributed by atoms with Crippen molar-refractivity contribution in [3.8, 4) is 17.1 Å². The first-order valence-electron chi connectivity index (χ1n) is 7.84. The van der Waals surface area contributed by atoms with Gasteiger partial charge in [-0.2, -0.15) is 4.98 Å². The maximum atomic E-state index is 13.4. The highest BCUT2D eigenvalue weighted by Crippen LogP contribution is 2.29. The Kier molecular flexibility index (Phi) is 6.10. The largest absolute Gasteiger partial charge is 0.616 e. The molecule has 0 bridgehead atoms. The molecule has 140 valence electrons. The fraction of sp³-hybridized carbons (Fsp3) is 0.167. The van der Waals surface area contributed by atoms with Crippen molar-refractivity contribution in [2.45, 2.75) is 5.75 Å². The fourth-order valence-electron chi connectivity index (χ4n) is 2.51. The molecule has 1 N–H and O–H groups in total. The highest BCUT2D eigenvalue weighted by molar-refractivity contribution is 7.89. The predicted molar refractivity (Wildman–Crippen MR) is 104 cm³/mol. The lowest BCUT2D eigenvalue weighted by molar-refractivity contribution is 0.412. The van der Waals surface area contributed by atoms with Gasteiger partial charge in [0.25, 0.3) is 0 Å². The first-order valence-corrected chi connectivity index (χ1v) is 9.94. The molecule has 9 heteroatoms. The van der Waals surface area contributed by atoms with E-state index in [4.69, 9.17) is 16.3 Å². The van der Waals surface area contributed by atoms with Crippen molar-refractivity contribution in [1.29, 1.82) is 0 Å². The van der Waals surface area contributed by atoms with Gasteiger partial charge in [0, 0.05) is 22.3 Å². The third-order valence-electron chi connectivity index (χ3n) is 3.56. The predicted octanol–water partition coefficient (Wildman–Crippen LogP) is 3.96. The molecule has 0 amide bonds. The van der Waals surface area contributed by atoms with Crippen molar-refractivity contribution >= 4 is 34.4 Å². The van der Waals surface area contributed by atoms with Gasteiger partial charge >= 0.3 is 0 Å². The van der Waals surface area contributed by atoms with Crippen LogP contribution in [-0.4, -0.2) is 32.9 Å². The summed E-state index contributed by atoms with van der Waals surface area (Å²) in [6, 6.07) is 9.42. The molecule has 0 aliphatic carbocycles. The highest BCUT2D eigenvalue weighted by Gasteiger charge is 2.12. The smallest absolute Gasteiger partial charge is 0.230 e. The summed E-state index contributed by atoms with van der Waals surface area (Å²) in [5.74, 6) is 0.925. The number of ether oxygens (including phenoxy) is 1. The van der Waals surface area contributed by atoms with Gasteiger partial charge < -0.3 is 14.6 Å². The van der Waals surface area contributed by atoms with Crippen molar-refractivity contribution in [3.05, 3.63) is 59.1 Å². The van der Waals surface area contributed by atoms with E-state index in [0.717, 1.165) is 5.56 Å². The van der Waals surface area contributed by atoms with E-state index in [1.807, 2.05) is 6.07 Å². The molecule has 6 nitrogen and oxygen atoms in total. The number of rotatable bonds is 6. The SMILES string of the molecule is COc1cc(F)ccc1-c1ncnc(Nc2cc(Cl)cc(C[S+](C)[O-])c2)n1. The molecule has 0 saturated carbocycles. The van der Waals surface area contributed by atoms with Crippen LogP contribution in [0.5, 0.6) is 5.75 Å². The van der Waals surface area contributed by atoms with Crippen molar-refractivity contribution in [3.63, 3.8) is 0 Å². The van der Waals surface area contributed by atoms with Gasteiger partial charge in [0.05, 0.1) is 18.9 Å². The monoisotopic (exact) mass is 406 g/mol. The Morgan fingerprint density at radius 1 is 1.22 bits per heavy atom. The Morgan fingerprint density at radius 3 is 2.78 bits per heavy atom. The van der Waals surface area contributed by atoms with Crippen LogP contribution in [0, 0.1) is 5.82 Å². The van der Waals surface area contributed by atoms with Crippen LogP contribution in [0.1, 0.15) is 5.56 Å². The van der Waals surface area contributed by atoms with Crippen LogP contribution in [0.25, 0.3) is 11.4 Å². The molecule has 3 rings (SSSR count). The summed E-state index contributed by atoms with van der Waals surface area (Å²) in [5.41, 5.74) is 2.03. The maximum absolute atomic E-state index is 13.4. The quantitative estimate of drug-likeness (QED) is 0.624. The van der Waals surface area contributed by atoms with Crippen molar-refractivity contribution < 1.29 is 13.7 Å². The van der Waals surface area contributed by atoms with Crippen LogP contribution in [-0.2, 0) is 16.9 Å². The number of hydrogen-bond donors (Lipinski definition) is 1. The molecular formula is C18H16ClFN4O2S. The Bertz CT molecular complexity index is 958. The molecule has 1 atom stereocenters. The summed E-state index contributed by atoms with van der Waals surface area (Å²) in [6.07, 6.45) is 2.97. The summed E-state index contributed by atoms with van der Waals surface area (Å²) in [5, 5.41) is 3.57. The second-order valence-corrected chi connectivity index (χ2v) is 7.54. The van der Waals surface area contributed by atoms with E-state index in [2.05, 4.69) is 20.3 Å². The second kappa shape index (κ2) is 8.51. The average Bonchev–Trinajstić information content (AvgIpc) is 2.60. The normalized spacial score (nSPS) is 11.9. The van der Waals surface area contributed by atoms with Gasteiger partial charge in [-0.3, -0.25) is 0 Å². The third kappa shape index (κ3) is 5.06. The Morgan fingerprint density at radius 2 is 2.04 bits per heavy atom.